The van der Waals surface area contributed by atoms with Gasteiger partial charge in [0.1, 0.15) is 17.0 Å². The summed E-state index contributed by atoms with van der Waals surface area (Å²) in [6.45, 7) is 6.17. The van der Waals surface area contributed by atoms with Gasteiger partial charge in [0.2, 0.25) is 0 Å². The number of pyridine rings is 1. The number of methoxy groups -OCH3 is 1. The fourth-order valence-corrected chi connectivity index (χ4v) is 5.20. The van der Waals surface area contributed by atoms with Crippen molar-refractivity contribution in [2.24, 2.45) is 0 Å². The van der Waals surface area contributed by atoms with Crippen molar-refractivity contribution in [3.63, 3.8) is 0 Å². The first-order valence-electron chi connectivity index (χ1n) is 11.7. The van der Waals surface area contributed by atoms with Gasteiger partial charge in [0, 0.05) is 18.0 Å². The Morgan fingerprint density at radius 1 is 1.20 bits per heavy atom. The molecule has 0 saturated carbocycles. The molecule has 1 aromatic carbocycles. The zero-order valence-corrected chi connectivity index (χ0v) is 20.4. The number of hydrogen-bond donors (Lipinski definition) is 0. The third-order valence-corrected chi connectivity index (χ3v) is 6.56. The van der Waals surface area contributed by atoms with Gasteiger partial charge in [-0.2, -0.15) is 13.2 Å². The number of likely N-dealkylation sites (tertiary alicyclic amines) is 1. The molecule has 9 heteroatoms. The van der Waals surface area contributed by atoms with Gasteiger partial charge in [-0.3, -0.25) is 4.90 Å². The molecule has 3 heterocycles. The Morgan fingerprint density at radius 2 is 1.91 bits per heavy atom. The van der Waals surface area contributed by atoms with Gasteiger partial charge in [-0.1, -0.05) is 30.3 Å². The number of amides is 1. The Morgan fingerprint density at radius 3 is 2.54 bits per heavy atom. The van der Waals surface area contributed by atoms with Crippen LogP contribution in [-0.2, 0) is 15.7 Å². The lowest BCUT2D eigenvalue weighted by Gasteiger charge is -2.47. The number of hydrogen-bond acceptors (Lipinski definition) is 5. The molecular formula is C26H31F3N2O4. The molecule has 0 N–H and O–H groups in total. The maximum atomic E-state index is 13.4. The lowest BCUT2D eigenvalue weighted by atomic mass is 9.76. The summed E-state index contributed by atoms with van der Waals surface area (Å²) >= 11 is 0. The van der Waals surface area contributed by atoms with Crippen molar-refractivity contribution in [3.8, 4) is 5.75 Å². The van der Waals surface area contributed by atoms with E-state index in [1.54, 1.807) is 4.90 Å². The second kappa shape index (κ2) is 9.33. The van der Waals surface area contributed by atoms with E-state index in [1.165, 1.54) is 7.11 Å². The van der Waals surface area contributed by atoms with Crippen molar-refractivity contribution in [1.29, 1.82) is 0 Å². The second-order valence-corrected chi connectivity index (χ2v) is 10.2. The molecular weight excluding hydrogens is 461 g/mol. The zero-order chi connectivity index (χ0) is 25.4. The molecule has 35 heavy (non-hydrogen) atoms. The number of ether oxygens (including phenoxy) is 3. The molecule has 2 aromatic rings. The van der Waals surface area contributed by atoms with Crippen LogP contribution in [0.2, 0.25) is 0 Å². The van der Waals surface area contributed by atoms with Crippen LogP contribution in [0.25, 0.3) is 0 Å². The molecule has 190 valence electrons. The number of benzene rings is 1. The Balaban J connectivity index is 1.72. The van der Waals surface area contributed by atoms with Crippen LogP contribution >= 0.6 is 0 Å². The van der Waals surface area contributed by atoms with Crippen LogP contribution in [0.3, 0.4) is 0 Å². The molecule has 0 unspecified atom stereocenters. The van der Waals surface area contributed by atoms with E-state index >= 15 is 0 Å². The largest absolute Gasteiger partial charge is 0.495 e. The minimum Gasteiger partial charge on any atom is -0.495 e. The van der Waals surface area contributed by atoms with Gasteiger partial charge in [0.25, 0.3) is 0 Å². The minimum atomic E-state index is -4.57. The SMILES string of the molecule is COc1cnc(C(F)(F)F)cc1[C@@H]1CO[C@]2(CCCN(C(=O)OC(C)(C)C)[C@H]2c2ccccc2)C1. The normalized spacial score (nSPS) is 25.1. The summed E-state index contributed by atoms with van der Waals surface area (Å²) in [5, 5.41) is 0. The van der Waals surface area contributed by atoms with Crippen molar-refractivity contribution in [2.45, 2.75) is 69.4 Å². The lowest BCUT2D eigenvalue weighted by Crippen LogP contribution is -2.53. The monoisotopic (exact) mass is 492 g/mol. The predicted molar refractivity (Wildman–Crippen MR) is 123 cm³/mol. The number of piperidine rings is 1. The van der Waals surface area contributed by atoms with E-state index in [0.29, 0.717) is 37.1 Å². The highest BCUT2D eigenvalue weighted by atomic mass is 19.4. The number of carbonyl (C=O) groups excluding carboxylic acids is 1. The van der Waals surface area contributed by atoms with Gasteiger partial charge in [0.05, 0.1) is 31.6 Å². The van der Waals surface area contributed by atoms with E-state index < -0.39 is 35.2 Å². The molecule has 1 amide bonds. The minimum absolute atomic E-state index is 0.211. The van der Waals surface area contributed by atoms with E-state index in [-0.39, 0.29) is 12.5 Å². The Bertz CT molecular complexity index is 1050. The molecule has 6 nitrogen and oxygen atoms in total. The van der Waals surface area contributed by atoms with Gasteiger partial charge in [0.15, 0.2) is 0 Å². The molecule has 0 radical (unpaired) electrons. The van der Waals surface area contributed by atoms with Crippen molar-refractivity contribution in [2.75, 3.05) is 20.3 Å². The van der Waals surface area contributed by atoms with Crippen LogP contribution in [0.1, 0.15) is 68.8 Å². The highest BCUT2D eigenvalue weighted by molar-refractivity contribution is 5.69. The fourth-order valence-electron chi connectivity index (χ4n) is 5.20. The molecule has 4 rings (SSSR count). The standard InChI is InChI=1S/C26H31F3N2O4/c1-24(2,3)35-23(32)31-12-8-11-25(22(31)17-9-6-5-7-10-17)14-18(16-34-25)19-13-21(26(27,28)29)30-15-20(19)33-4/h5-7,9-10,13,15,18,22H,8,11-12,14,16H2,1-4H3/t18-,22-,25+/m0/s1. The smallest absolute Gasteiger partial charge is 0.433 e. The van der Waals surface area contributed by atoms with Gasteiger partial charge >= 0.3 is 12.3 Å². The summed E-state index contributed by atoms with van der Waals surface area (Å²) in [5.74, 6) is -0.0569. The zero-order valence-electron chi connectivity index (χ0n) is 20.4. The van der Waals surface area contributed by atoms with E-state index in [4.69, 9.17) is 14.2 Å². The van der Waals surface area contributed by atoms with Crippen LogP contribution in [0, 0.1) is 0 Å². The highest BCUT2D eigenvalue weighted by Crippen LogP contribution is 2.52. The summed E-state index contributed by atoms with van der Waals surface area (Å²) in [5.41, 5.74) is -1.09. The first-order valence-corrected chi connectivity index (χ1v) is 11.7. The summed E-state index contributed by atoms with van der Waals surface area (Å²) in [6, 6.07) is 10.2. The number of carbonyl (C=O) groups is 1. The van der Waals surface area contributed by atoms with Crippen LogP contribution < -0.4 is 4.74 Å². The Hall–Kier alpha value is -2.81. The molecule has 2 saturated heterocycles. The quantitative estimate of drug-likeness (QED) is 0.516. The first-order chi connectivity index (χ1) is 16.4. The predicted octanol–water partition coefficient (Wildman–Crippen LogP) is 6.12. The average molecular weight is 493 g/mol. The molecule has 3 atom stereocenters. The molecule has 2 aliphatic rings. The molecule has 2 aliphatic heterocycles. The fraction of sp³-hybridized carbons (Fsp3) is 0.538. The van der Waals surface area contributed by atoms with E-state index in [0.717, 1.165) is 17.8 Å². The third kappa shape index (κ3) is 5.24. The molecule has 2 fully saturated rings. The van der Waals surface area contributed by atoms with E-state index in [2.05, 4.69) is 4.98 Å². The summed E-state index contributed by atoms with van der Waals surface area (Å²) in [6.07, 6.45) is -2.09. The molecule has 1 aromatic heterocycles. The number of alkyl halides is 3. The summed E-state index contributed by atoms with van der Waals surface area (Å²) in [7, 11) is 1.41. The van der Waals surface area contributed by atoms with Gasteiger partial charge < -0.3 is 14.2 Å². The van der Waals surface area contributed by atoms with Gasteiger partial charge in [-0.15, -0.1) is 0 Å². The lowest BCUT2D eigenvalue weighted by molar-refractivity contribution is -0.141. The van der Waals surface area contributed by atoms with Crippen LogP contribution in [0.5, 0.6) is 5.75 Å². The number of aromatic nitrogens is 1. The molecule has 0 bridgehead atoms. The average Bonchev–Trinajstić information content (AvgIpc) is 3.21. The van der Waals surface area contributed by atoms with Gasteiger partial charge in [-0.05, 0) is 51.7 Å². The van der Waals surface area contributed by atoms with Gasteiger partial charge in [-0.25, -0.2) is 9.78 Å². The summed E-state index contributed by atoms with van der Waals surface area (Å²) < 4.78 is 57.7. The topological polar surface area (TPSA) is 60.9 Å². The van der Waals surface area contributed by atoms with Crippen LogP contribution in [0.15, 0.2) is 42.6 Å². The summed E-state index contributed by atoms with van der Waals surface area (Å²) in [4.78, 5) is 18.5. The van der Waals surface area contributed by atoms with E-state index in [9.17, 15) is 18.0 Å². The van der Waals surface area contributed by atoms with Crippen molar-refractivity contribution in [3.05, 3.63) is 59.4 Å². The van der Waals surface area contributed by atoms with Crippen LogP contribution in [-0.4, -0.2) is 47.4 Å². The Kier molecular flexibility index (Phi) is 6.74. The van der Waals surface area contributed by atoms with Crippen LogP contribution in [0.4, 0.5) is 18.0 Å². The molecule has 1 spiro atoms. The maximum Gasteiger partial charge on any atom is 0.433 e. The van der Waals surface area contributed by atoms with Crippen molar-refractivity contribution < 1.29 is 32.2 Å². The highest BCUT2D eigenvalue weighted by Gasteiger charge is 2.53. The molecule has 0 aliphatic carbocycles. The number of rotatable bonds is 3. The first kappa shape index (κ1) is 25.3. The maximum absolute atomic E-state index is 13.4. The third-order valence-electron chi connectivity index (χ3n) is 6.56. The van der Waals surface area contributed by atoms with Crippen molar-refractivity contribution >= 4 is 6.09 Å². The van der Waals surface area contributed by atoms with Crippen molar-refractivity contribution in [1.82, 2.24) is 9.88 Å². The number of halogens is 3. The Labute approximate surface area is 203 Å². The number of nitrogens with zero attached hydrogens (tertiary/aromatic N) is 2. The second-order valence-electron chi connectivity index (χ2n) is 10.2. The van der Waals surface area contributed by atoms with E-state index in [1.807, 2.05) is 51.1 Å².